The number of ether oxygens (including phenoxy) is 3. The summed E-state index contributed by atoms with van der Waals surface area (Å²) in [6.07, 6.45) is 0. The van der Waals surface area contributed by atoms with E-state index in [0.717, 1.165) is 4.90 Å². The molecule has 0 saturated heterocycles. The van der Waals surface area contributed by atoms with E-state index in [1.165, 1.54) is 25.6 Å². The molecule has 0 bridgehead atoms. The van der Waals surface area contributed by atoms with Crippen LogP contribution in [0.2, 0.25) is 0 Å². The normalized spacial score (nSPS) is 13.6. The number of nitrogens with zero attached hydrogens (tertiary/aromatic N) is 1. The summed E-state index contributed by atoms with van der Waals surface area (Å²) in [5.41, 5.74) is 1.54. The second kappa shape index (κ2) is 8.53. The first-order chi connectivity index (χ1) is 15.1. The van der Waals surface area contributed by atoms with Gasteiger partial charge in [-0.3, -0.25) is 9.59 Å². The predicted molar refractivity (Wildman–Crippen MR) is 120 cm³/mol. The number of hydrogen-bond acceptors (Lipinski definition) is 7. The summed E-state index contributed by atoms with van der Waals surface area (Å²) >= 11 is 1.39. The van der Waals surface area contributed by atoms with Crippen molar-refractivity contribution >= 4 is 40.1 Å². The monoisotopic (exact) mass is 436 g/mol. The second-order valence-electron chi connectivity index (χ2n) is 6.57. The average Bonchev–Trinajstić information content (AvgIpc) is 3.40. The third-order valence-electron chi connectivity index (χ3n) is 4.82. The van der Waals surface area contributed by atoms with Crippen molar-refractivity contribution in [2.24, 2.45) is 0 Å². The Morgan fingerprint density at radius 2 is 1.65 bits per heavy atom. The number of hydrogen-bond donors (Lipinski definition) is 1. The average molecular weight is 436 g/mol. The van der Waals surface area contributed by atoms with Crippen LogP contribution in [0.5, 0.6) is 17.2 Å². The van der Waals surface area contributed by atoms with Gasteiger partial charge < -0.3 is 19.5 Å². The van der Waals surface area contributed by atoms with E-state index in [2.05, 4.69) is 5.32 Å². The van der Waals surface area contributed by atoms with Crippen molar-refractivity contribution in [1.82, 2.24) is 0 Å². The summed E-state index contributed by atoms with van der Waals surface area (Å²) in [4.78, 5) is 28.6. The van der Waals surface area contributed by atoms with Gasteiger partial charge in [-0.2, -0.15) is 0 Å². The van der Waals surface area contributed by atoms with Crippen molar-refractivity contribution in [1.29, 1.82) is 0 Å². The van der Waals surface area contributed by atoms with Crippen LogP contribution in [0.15, 0.2) is 65.7 Å². The molecule has 31 heavy (non-hydrogen) atoms. The van der Waals surface area contributed by atoms with Gasteiger partial charge in [0.1, 0.15) is 11.4 Å². The number of carbonyl (C=O) groups excluding carboxylic acids is 2. The Kier molecular flexibility index (Phi) is 5.64. The third-order valence-corrected chi connectivity index (χ3v) is 5.70. The number of carbonyl (C=O) groups is 2. The van der Waals surface area contributed by atoms with Gasteiger partial charge in [0.2, 0.25) is 0 Å². The van der Waals surface area contributed by atoms with Gasteiger partial charge in [0.05, 0.1) is 32.6 Å². The summed E-state index contributed by atoms with van der Waals surface area (Å²) in [7, 11) is 4.62. The molecule has 1 aliphatic rings. The standard InChI is InChI=1S/C23H20N2O5S/c1-28-16-7-4-6-15(13-16)25-22(26)20(19-8-5-11-31-19)21(23(25)27)24-14-9-10-17(29-2)18(12-14)30-3/h4-13,24H,1-3H3. The van der Waals surface area contributed by atoms with Crippen LogP contribution in [-0.2, 0) is 9.59 Å². The largest absolute Gasteiger partial charge is 0.497 e. The minimum absolute atomic E-state index is 0.197. The van der Waals surface area contributed by atoms with Gasteiger partial charge in [0, 0.05) is 22.7 Å². The quantitative estimate of drug-likeness (QED) is 0.560. The van der Waals surface area contributed by atoms with Crippen LogP contribution in [0.1, 0.15) is 4.88 Å². The van der Waals surface area contributed by atoms with Crippen molar-refractivity contribution in [2.45, 2.75) is 0 Å². The summed E-state index contributed by atoms with van der Waals surface area (Å²) in [6.45, 7) is 0. The van der Waals surface area contributed by atoms with Crippen LogP contribution in [-0.4, -0.2) is 33.1 Å². The highest BCUT2D eigenvalue weighted by Gasteiger charge is 2.40. The van der Waals surface area contributed by atoms with Gasteiger partial charge in [-0.15, -0.1) is 11.3 Å². The lowest BCUT2D eigenvalue weighted by Crippen LogP contribution is -2.32. The van der Waals surface area contributed by atoms with E-state index < -0.39 is 11.8 Å². The Hall–Kier alpha value is -3.78. The minimum atomic E-state index is -0.448. The second-order valence-corrected chi connectivity index (χ2v) is 7.52. The highest BCUT2D eigenvalue weighted by Crippen LogP contribution is 2.37. The van der Waals surface area contributed by atoms with Crippen molar-refractivity contribution in [2.75, 3.05) is 31.5 Å². The summed E-state index contributed by atoms with van der Waals surface area (Å²) in [5, 5.41) is 4.98. The molecule has 8 heteroatoms. The highest BCUT2D eigenvalue weighted by atomic mass is 32.1. The van der Waals surface area contributed by atoms with E-state index in [4.69, 9.17) is 14.2 Å². The third kappa shape index (κ3) is 3.73. The number of methoxy groups -OCH3 is 3. The van der Waals surface area contributed by atoms with Crippen molar-refractivity contribution < 1.29 is 23.8 Å². The molecule has 2 amide bonds. The fourth-order valence-corrected chi connectivity index (χ4v) is 4.11. The lowest BCUT2D eigenvalue weighted by atomic mass is 10.1. The summed E-state index contributed by atoms with van der Waals surface area (Å²) < 4.78 is 15.9. The molecule has 1 aliphatic heterocycles. The topological polar surface area (TPSA) is 77.1 Å². The fourth-order valence-electron chi connectivity index (χ4n) is 3.34. The SMILES string of the molecule is COc1cccc(N2C(=O)C(Nc3ccc(OC)c(OC)c3)=C(c3cccs3)C2=O)c1. The molecule has 158 valence electrons. The first-order valence-electron chi connectivity index (χ1n) is 9.37. The zero-order valence-electron chi connectivity index (χ0n) is 17.2. The van der Waals surface area contributed by atoms with Crippen LogP contribution in [0, 0.1) is 0 Å². The highest BCUT2D eigenvalue weighted by molar-refractivity contribution is 7.11. The van der Waals surface area contributed by atoms with Gasteiger partial charge in [0.15, 0.2) is 11.5 Å². The van der Waals surface area contributed by atoms with E-state index in [0.29, 0.717) is 39.1 Å². The number of benzene rings is 2. The molecule has 0 spiro atoms. The molecule has 0 radical (unpaired) electrons. The maximum atomic E-state index is 13.4. The van der Waals surface area contributed by atoms with Crippen molar-refractivity contribution in [3.63, 3.8) is 0 Å². The Bertz CT molecular complexity index is 1170. The molecule has 1 aromatic heterocycles. The Labute approximate surface area is 183 Å². The number of thiophene rings is 1. The van der Waals surface area contributed by atoms with Crippen LogP contribution in [0.3, 0.4) is 0 Å². The summed E-state index contributed by atoms with van der Waals surface area (Å²) in [6, 6.07) is 15.7. The molecule has 0 fully saturated rings. The lowest BCUT2D eigenvalue weighted by molar-refractivity contribution is -0.120. The molecule has 4 rings (SSSR count). The molecule has 7 nitrogen and oxygen atoms in total. The number of anilines is 2. The lowest BCUT2D eigenvalue weighted by Gasteiger charge is -2.16. The maximum Gasteiger partial charge on any atom is 0.282 e. The predicted octanol–water partition coefficient (Wildman–Crippen LogP) is 4.17. The van der Waals surface area contributed by atoms with E-state index in [9.17, 15) is 9.59 Å². The fraction of sp³-hybridized carbons (Fsp3) is 0.130. The smallest absolute Gasteiger partial charge is 0.282 e. The molecular formula is C23H20N2O5S. The van der Waals surface area contributed by atoms with Crippen molar-refractivity contribution in [3.8, 4) is 17.2 Å². The van der Waals surface area contributed by atoms with Gasteiger partial charge in [-0.05, 0) is 35.7 Å². The van der Waals surface area contributed by atoms with E-state index >= 15 is 0 Å². The molecule has 0 saturated carbocycles. The van der Waals surface area contributed by atoms with E-state index in [1.54, 1.807) is 49.6 Å². The molecular weight excluding hydrogens is 416 g/mol. The van der Waals surface area contributed by atoms with Crippen LogP contribution in [0.4, 0.5) is 11.4 Å². The number of imide groups is 1. The molecule has 0 atom stereocenters. The Morgan fingerprint density at radius 3 is 2.32 bits per heavy atom. The molecule has 0 unspecified atom stereocenters. The van der Waals surface area contributed by atoms with E-state index in [1.807, 2.05) is 17.5 Å². The van der Waals surface area contributed by atoms with E-state index in [-0.39, 0.29) is 5.70 Å². The maximum absolute atomic E-state index is 13.4. The molecule has 0 aliphatic carbocycles. The molecule has 2 heterocycles. The van der Waals surface area contributed by atoms with Crippen LogP contribution < -0.4 is 24.4 Å². The van der Waals surface area contributed by atoms with Gasteiger partial charge in [-0.1, -0.05) is 12.1 Å². The Morgan fingerprint density at radius 1 is 0.839 bits per heavy atom. The van der Waals surface area contributed by atoms with Crippen molar-refractivity contribution in [3.05, 3.63) is 70.6 Å². The number of nitrogens with one attached hydrogen (secondary N) is 1. The minimum Gasteiger partial charge on any atom is -0.497 e. The first-order valence-corrected chi connectivity index (χ1v) is 10.3. The molecule has 1 N–H and O–H groups in total. The molecule has 3 aromatic rings. The number of amides is 2. The van der Waals surface area contributed by atoms with Crippen LogP contribution in [0.25, 0.3) is 5.57 Å². The summed E-state index contributed by atoms with van der Waals surface area (Å²) in [5.74, 6) is 0.775. The Balaban J connectivity index is 1.77. The van der Waals surface area contributed by atoms with Gasteiger partial charge in [-0.25, -0.2) is 4.90 Å². The zero-order chi connectivity index (χ0) is 22.0. The van der Waals surface area contributed by atoms with Crippen LogP contribution >= 0.6 is 11.3 Å². The zero-order valence-corrected chi connectivity index (χ0v) is 18.0. The van der Waals surface area contributed by atoms with Gasteiger partial charge in [0.25, 0.3) is 11.8 Å². The molecule has 2 aromatic carbocycles. The first kappa shape index (κ1) is 20.5. The number of rotatable bonds is 7. The van der Waals surface area contributed by atoms with Gasteiger partial charge >= 0.3 is 0 Å².